The van der Waals surface area contributed by atoms with Gasteiger partial charge in [-0.25, -0.2) is 0 Å². The van der Waals surface area contributed by atoms with Crippen LogP contribution in [-0.2, 0) is 0 Å². The molecule has 84 valence electrons. The zero-order valence-electron chi connectivity index (χ0n) is 10.2. The van der Waals surface area contributed by atoms with Gasteiger partial charge < -0.3 is 5.32 Å². The summed E-state index contributed by atoms with van der Waals surface area (Å²) in [4.78, 5) is 0. The van der Waals surface area contributed by atoms with E-state index in [9.17, 15) is 0 Å². The predicted molar refractivity (Wildman–Crippen MR) is 63.6 cm³/mol. The van der Waals surface area contributed by atoms with E-state index >= 15 is 0 Å². The number of nitrogens with one attached hydrogen (secondary N) is 1. The van der Waals surface area contributed by atoms with Crippen LogP contribution in [0.4, 0.5) is 0 Å². The summed E-state index contributed by atoms with van der Waals surface area (Å²) in [6.45, 7) is 8.09. The lowest BCUT2D eigenvalue weighted by Gasteiger charge is -2.24. The van der Waals surface area contributed by atoms with Crippen LogP contribution in [-0.4, -0.2) is 12.6 Å². The average molecular weight is 197 g/mol. The van der Waals surface area contributed by atoms with Crippen molar-refractivity contribution in [2.24, 2.45) is 5.41 Å². The Hall–Kier alpha value is -0.0400. The Morgan fingerprint density at radius 3 is 2.36 bits per heavy atom. The lowest BCUT2D eigenvalue weighted by molar-refractivity contribution is 0.332. The molecule has 1 rings (SSSR count). The van der Waals surface area contributed by atoms with Crippen LogP contribution in [0.15, 0.2) is 0 Å². The third kappa shape index (κ3) is 3.61. The van der Waals surface area contributed by atoms with Gasteiger partial charge in [0.25, 0.3) is 0 Å². The van der Waals surface area contributed by atoms with Gasteiger partial charge in [0.15, 0.2) is 0 Å². The second-order valence-corrected chi connectivity index (χ2v) is 5.11. The van der Waals surface area contributed by atoms with Gasteiger partial charge in [-0.2, -0.15) is 0 Å². The Kier molecular flexibility index (Phi) is 4.94. The lowest BCUT2D eigenvalue weighted by atomic mass is 9.93. The van der Waals surface area contributed by atoms with Crippen LogP contribution in [0.1, 0.15) is 65.7 Å². The van der Waals surface area contributed by atoms with E-state index in [0.717, 1.165) is 12.6 Å². The summed E-state index contributed by atoms with van der Waals surface area (Å²) in [5.41, 5.74) is 0.655. The Labute approximate surface area is 89.7 Å². The second-order valence-electron chi connectivity index (χ2n) is 5.11. The van der Waals surface area contributed by atoms with E-state index in [0.29, 0.717) is 5.41 Å². The molecule has 1 aliphatic rings. The van der Waals surface area contributed by atoms with E-state index in [2.05, 4.69) is 26.1 Å². The molecule has 1 unspecified atom stereocenters. The molecule has 0 bridgehead atoms. The molecule has 1 aliphatic carbocycles. The van der Waals surface area contributed by atoms with Crippen LogP contribution in [0, 0.1) is 5.41 Å². The van der Waals surface area contributed by atoms with E-state index in [4.69, 9.17) is 0 Å². The van der Waals surface area contributed by atoms with Gasteiger partial charge in [0, 0.05) is 6.04 Å². The zero-order valence-corrected chi connectivity index (χ0v) is 10.2. The maximum absolute atomic E-state index is 3.66. The minimum Gasteiger partial charge on any atom is -0.314 e. The summed E-state index contributed by atoms with van der Waals surface area (Å²) in [7, 11) is 0. The predicted octanol–water partition coefficient (Wildman–Crippen LogP) is 3.74. The van der Waals surface area contributed by atoms with Gasteiger partial charge in [0.05, 0.1) is 0 Å². The van der Waals surface area contributed by atoms with Crippen molar-refractivity contribution in [1.29, 1.82) is 0 Å². The average Bonchev–Trinajstić information content (AvgIpc) is 2.90. The van der Waals surface area contributed by atoms with Crippen molar-refractivity contribution in [3.05, 3.63) is 0 Å². The second kappa shape index (κ2) is 5.75. The summed E-state index contributed by atoms with van der Waals surface area (Å²) in [5.74, 6) is 0. The van der Waals surface area contributed by atoms with Crippen molar-refractivity contribution in [3.63, 3.8) is 0 Å². The van der Waals surface area contributed by atoms with Crippen LogP contribution in [0.25, 0.3) is 0 Å². The first-order valence-corrected chi connectivity index (χ1v) is 6.46. The van der Waals surface area contributed by atoms with E-state index in [-0.39, 0.29) is 0 Å². The van der Waals surface area contributed by atoms with Gasteiger partial charge in [-0.1, -0.05) is 46.5 Å². The van der Waals surface area contributed by atoms with E-state index in [1.165, 1.54) is 44.9 Å². The molecule has 0 aromatic heterocycles. The number of hydrogen-bond acceptors (Lipinski definition) is 1. The van der Waals surface area contributed by atoms with Gasteiger partial charge in [0.1, 0.15) is 0 Å². The molecule has 0 aromatic carbocycles. The van der Waals surface area contributed by atoms with Crippen molar-refractivity contribution < 1.29 is 0 Å². The summed E-state index contributed by atoms with van der Waals surface area (Å²) < 4.78 is 0. The molecule has 1 nitrogen and oxygen atoms in total. The molecule has 0 amide bonds. The van der Waals surface area contributed by atoms with Gasteiger partial charge in [-0.05, 0) is 31.2 Å². The van der Waals surface area contributed by atoms with E-state index in [1.807, 2.05) is 0 Å². The topological polar surface area (TPSA) is 12.0 Å². The molecule has 0 aromatic rings. The first-order chi connectivity index (χ1) is 6.73. The van der Waals surface area contributed by atoms with Crippen LogP contribution < -0.4 is 5.32 Å². The monoisotopic (exact) mass is 197 g/mol. The zero-order chi connectivity index (χ0) is 10.4. The molecule has 1 atom stereocenters. The molecular weight excluding hydrogens is 170 g/mol. The highest BCUT2D eigenvalue weighted by atomic mass is 14.9. The smallest absolute Gasteiger partial charge is 0.0121 e. The minimum absolute atomic E-state index is 0.655. The fraction of sp³-hybridized carbons (Fsp3) is 1.00. The minimum atomic E-state index is 0.655. The third-order valence-electron chi connectivity index (χ3n) is 3.68. The van der Waals surface area contributed by atoms with Crippen LogP contribution >= 0.6 is 0 Å². The molecule has 0 radical (unpaired) electrons. The SMILES string of the molecule is CCCCCCC(NCC)C1(C)CC1. The number of hydrogen-bond donors (Lipinski definition) is 1. The molecule has 0 spiro atoms. The van der Waals surface area contributed by atoms with Crippen LogP contribution in [0.3, 0.4) is 0 Å². The van der Waals surface area contributed by atoms with E-state index in [1.54, 1.807) is 0 Å². The van der Waals surface area contributed by atoms with Gasteiger partial charge >= 0.3 is 0 Å². The molecule has 0 aliphatic heterocycles. The van der Waals surface area contributed by atoms with E-state index < -0.39 is 0 Å². The first kappa shape index (κ1) is 12.0. The standard InChI is InChI=1S/C13H27N/c1-4-6-7-8-9-12(14-5-2)13(3)10-11-13/h12,14H,4-11H2,1-3H3. The van der Waals surface area contributed by atoms with Crippen molar-refractivity contribution in [2.45, 2.75) is 71.8 Å². The summed E-state index contributed by atoms with van der Waals surface area (Å²) >= 11 is 0. The summed E-state index contributed by atoms with van der Waals surface area (Å²) in [6.07, 6.45) is 9.88. The highest BCUT2D eigenvalue weighted by Gasteiger charge is 2.43. The number of unbranched alkanes of at least 4 members (excludes halogenated alkanes) is 3. The molecule has 1 fully saturated rings. The lowest BCUT2D eigenvalue weighted by Crippen LogP contribution is -2.36. The maximum atomic E-state index is 3.66. The molecule has 1 saturated carbocycles. The summed E-state index contributed by atoms with van der Waals surface area (Å²) in [6, 6.07) is 0.796. The Balaban J connectivity index is 2.15. The Morgan fingerprint density at radius 2 is 1.86 bits per heavy atom. The van der Waals surface area contributed by atoms with Crippen LogP contribution in [0.5, 0.6) is 0 Å². The molecule has 0 heterocycles. The normalized spacial score (nSPS) is 20.8. The highest BCUT2D eigenvalue weighted by molar-refractivity contribution is 4.98. The summed E-state index contributed by atoms with van der Waals surface area (Å²) in [5, 5.41) is 3.66. The quantitative estimate of drug-likeness (QED) is 0.585. The van der Waals surface area contributed by atoms with Gasteiger partial charge in [-0.3, -0.25) is 0 Å². The molecule has 14 heavy (non-hydrogen) atoms. The Bertz CT molecular complexity index is 149. The molecular formula is C13H27N. The van der Waals surface area contributed by atoms with Gasteiger partial charge in [-0.15, -0.1) is 0 Å². The van der Waals surface area contributed by atoms with Gasteiger partial charge in [0.2, 0.25) is 0 Å². The largest absolute Gasteiger partial charge is 0.314 e. The molecule has 0 saturated heterocycles. The third-order valence-corrected chi connectivity index (χ3v) is 3.68. The number of rotatable bonds is 8. The van der Waals surface area contributed by atoms with Crippen molar-refractivity contribution in [3.8, 4) is 0 Å². The Morgan fingerprint density at radius 1 is 1.14 bits per heavy atom. The van der Waals surface area contributed by atoms with Crippen molar-refractivity contribution in [2.75, 3.05) is 6.54 Å². The maximum Gasteiger partial charge on any atom is 0.0121 e. The highest BCUT2D eigenvalue weighted by Crippen LogP contribution is 2.49. The fourth-order valence-electron chi connectivity index (χ4n) is 2.26. The first-order valence-electron chi connectivity index (χ1n) is 6.46. The molecule has 1 heteroatoms. The van der Waals surface area contributed by atoms with Crippen LogP contribution in [0.2, 0.25) is 0 Å². The fourth-order valence-corrected chi connectivity index (χ4v) is 2.26. The van der Waals surface area contributed by atoms with Crippen molar-refractivity contribution in [1.82, 2.24) is 5.32 Å². The molecule has 1 N–H and O–H groups in total. The van der Waals surface area contributed by atoms with Crippen molar-refractivity contribution >= 4 is 0 Å².